The smallest absolute Gasteiger partial charge is 0.314 e. The molecule has 0 radical (unpaired) electrons. The Bertz CT molecular complexity index is 424. The number of ether oxygens (including phenoxy) is 1. The molecule has 1 amide bonds. The molecule has 1 saturated carbocycles. The number of esters is 1. The van der Waals surface area contributed by atoms with Gasteiger partial charge in [-0.05, 0) is 31.0 Å². The minimum Gasteiger partial charge on any atom is -0.426 e. The molecule has 0 heterocycles. The lowest BCUT2D eigenvalue weighted by Gasteiger charge is -2.22. The molecule has 2 rings (SSSR count). The molecular weight excluding hydrogens is 206 g/mol. The summed E-state index contributed by atoms with van der Waals surface area (Å²) < 4.78 is 5.16. The van der Waals surface area contributed by atoms with Crippen LogP contribution in [0, 0.1) is 5.92 Å². The van der Waals surface area contributed by atoms with Gasteiger partial charge in [0.1, 0.15) is 5.75 Å². The van der Waals surface area contributed by atoms with Crippen LogP contribution in [-0.4, -0.2) is 11.9 Å². The quantitative estimate of drug-likeness (QED) is 0.618. The van der Waals surface area contributed by atoms with Gasteiger partial charge in [0.15, 0.2) is 0 Å². The predicted octanol–water partition coefficient (Wildman–Crippen LogP) is 1.49. The molecule has 1 fully saturated rings. The van der Waals surface area contributed by atoms with Crippen molar-refractivity contribution < 1.29 is 14.3 Å². The van der Waals surface area contributed by atoms with E-state index >= 15 is 0 Å². The number of nitrogens with two attached hydrogens (primary N) is 1. The van der Waals surface area contributed by atoms with E-state index in [4.69, 9.17) is 10.5 Å². The Labute approximate surface area is 93.4 Å². The zero-order chi connectivity index (χ0) is 11.5. The van der Waals surface area contributed by atoms with Crippen LogP contribution in [0.15, 0.2) is 24.3 Å². The lowest BCUT2D eigenvalue weighted by molar-refractivity contribution is -0.141. The lowest BCUT2D eigenvalue weighted by atomic mass is 9.86. The number of hydrogen-bond donors (Lipinski definition) is 1. The van der Waals surface area contributed by atoms with Crippen molar-refractivity contribution in [2.45, 2.75) is 19.3 Å². The van der Waals surface area contributed by atoms with E-state index in [0.29, 0.717) is 11.3 Å². The SMILES string of the molecule is NC(=O)c1cccc(OC(=O)C2CCC2)c1. The monoisotopic (exact) mass is 219 g/mol. The minimum absolute atomic E-state index is 0.0252. The Kier molecular flexibility index (Phi) is 2.90. The summed E-state index contributed by atoms with van der Waals surface area (Å²) in [6.45, 7) is 0. The first-order valence-electron chi connectivity index (χ1n) is 5.28. The van der Waals surface area contributed by atoms with Crippen molar-refractivity contribution in [3.63, 3.8) is 0 Å². The summed E-state index contributed by atoms with van der Waals surface area (Å²) in [7, 11) is 0. The van der Waals surface area contributed by atoms with Gasteiger partial charge in [0, 0.05) is 5.56 Å². The van der Waals surface area contributed by atoms with Crippen molar-refractivity contribution in [1.82, 2.24) is 0 Å². The molecule has 2 N–H and O–H groups in total. The predicted molar refractivity (Wildman–Crippen MR) is 57.9 cm³/mol. The molecule has 1 aromatic carbocycles. The first-order chi connectivity index (χ1) is 7.66. The van der Waals surface area contributed by atoms with Gasteiger partial charge in [-0.25, -0.2) is 0 Å². The van der Waals surface area contributed by atoms with Crippen LogP contribution in [-0.2, 0) is 4.79 Å². The third kappa shape index (κ3) is 2.21. The third-order valence-corrected chi connectivity index (χ3v) is 2.78. The Morgan fingerprint density at radius 2 is 2.06 bits per heavy atom. The van der Waals surface area contributed by atoms with Crippen molar-refractivity contribution in [3.8, 4) is 5.75 Å². The van der Waals surface area contributed by atoms with Crippen molar-refractivity contribution >= 4 is 11.9 Å². The first kappa shape index (κ1) is 10.7. The Morgan fingerprint density at radius 1 is 1.31 bits per heavy atom. The Morgan fingerprint density at radius 3 is 2.62 bits per heavy atom. The van der Waals surface area contributed by atoms with E-state index in [0.717, 1.165) is 19.3 Å². The highest BCUT2D eigenvalue weighted by Gasteiger charge is 2.27. The maximum absolute atomic E-state index is 11.5. The second-order valence-corrected chi connectivity index (χ2v) is 3.94. The van der Waals surface area contributed by atoms with E-state index in [1.54, 1.807) is 18.2 Å². The van der Waals surface area contributed by atoms with Crippen LogP contribution in [0.25, 0.3) is 0 Å². The summed E-state index contributed by atoms with van der Waals surface area (Å²) in [6, 6.07) is 6.36. The molecular formula is C12H13NO3. The molecule has 4 nitrogen and oxygen atoms in total. The molecule has 0 unspecified atom stereocenters. The summed E-state index contributed by atoms with van der Waals surface area (Å²) in [4.78, 5) is 22.5. The van der Waals surface area contributed by atoms with Crippen molar-refractivity contribution in [2.75, 3.05) is 0 Å². The molecule has 0 saturated heterocycles. The van der Waals surface area contributed by atoms with Crippen LogP contribution >= 0.6 is 0 Å². The van der Waals surface area contributed by atoms with Gasteiger partial charge in [0.05, 0.1) is 5.92 Å². The van der Waals surface area contributed by atoms with Gasteiger partial charge in [-0.1, -0.05) is 12.5 Å². The van der Waals surface area contributed by atoms with E-state index < -0.39 is 5.91 Å². The summed E-state index contributed by atoms with van der Waals surface area (Å²) in [5.74, 6) is -0.333. The van der Waals surface area contributed by atoms with Gasteiger partial charge < -0.3 is 10.5 Å². The van der Waals surface area contributed by atoms with Crippen LogP contribution < -0.4 is 10.5 Å². The Hall–Kier alpha value is -1.84. The van der Waals surface area contributed by atoms with Crippen molar-refractivity contribution in [3.05, 3.63) is 29.8 Å². The second kappa shape index (κ2) is 4.35. The minimum atomic E-state index is -0.526. The number of amides is 1. The second-order valence-electron chi connectivity index (χ2n) is 3.94. The summed E-state index contributed by atoms with van der Waals surface area (Å²) in [5.41, 5.74) is 5.48. The fourth-order valence-electron chi connectivity index (χ4n) is 1.56. The lowest BCUT2D eigenvalue weighted by Crippen LogP contribution is -2.26. The number of carbonyl (C=O) groups is 2. The maximum atomic E-state index is 11.5. The van der Waals surface area contributed by atoms with Gasteiger partial charge >= 0.3 is 5.97 Å². The van der Waals surface area contributed by atoms with Crippen molar-refractivity contribution in [1.29, 1.82) is 0 Å². The number of benzene rings is 1. The van der Waals surface area contributed by atoms with Crippen LogP contribution in [0.2, 0.25) is 0 Å². The van der Waals surface area contributed by atoms with Crippen molar-refractivity contribution in [2.24, 2.45) is 11.7 Å². The molecule has 16 heavy (non-hydrogen) atoms. The topological polar surface area (TPSA) is 69.4 Å². The first-order valence-corrected chi connectivity index (χ1v) is 5.28. The average Bonchev–Trinajstić information content (AvgIpc) is 2.15. The zero-order valence-corrected chi connectivity index (χ0v) is 8.81. The van der Waals surface area contributed by atoms with E-state index in [-0.39, 0.29) is 11.9 Å². The van der Waals surface area contributed by atoms with Gasteiger partial charge in [0.25, 0.3) is 0 Å². The van der Waals surface area contributed by atoms with Gasteiger partial charge in [-0.3, -0.25) is 9.59 Å². The van der Waals surface area contributed by atoms with E-state index in [1.165, 1.54) is 6.07 Å². The van der Waals surface area contributed by atoms with Gasteiger partial charge in [0.2, 0.25) is 5.91 Å². The molecule has 1 aromatic rings. The molecule has 84 valence electrons. The van der Waals surface area contributed by atoms with E-state index in [1.807, 2.05) is 0 Å². The van der Waals surface area contributed by atoms with Gasteiger partial charge in [-0.15, -0.1) is 0 Å². The standard InChI is InChI=1S/C12H13NO3/c13-11(14)9-5-2-6-10(7-9)16-12(15)8-3-1-4-8/h2,5-8H,1,3-4H2,(H2,13,14). The normalized spacial score (nSPS) is 15.2. The fraction of sp³-hybridized carbons (Fsp3) is 0.333. The molecule has 0 aliphatic heterocycles. The molecule has 1 aliphatic carbocycles. The van der Waals surface area contributed by atoms with E-state index in [9.17, 15) is 9.59 Å². The molecule has 0 bridgehead atoms. The molecule has 4 heteroatoms. The highest BCUT2D eigenvalue weighted by molar-refractivity contribution is 5.93. The Balaban J connectivity index is 2.05. The molecule has 0 spiro atoms. The third-order valence-electron chi connectivity index (χ3n) is 2.78. The van der Waals surface area contributed by atoms with Gasteiger partial charge in [-0.2, -0.15) is 0 Å². The van der Waals surface area contributed by atoms with E-state index in [2.05, 4.69) is 0 Å². The van der Waals surface area contributed by atoms with Crippen LogP contribution in [0.3, 0.4) is 0 Å². The zero-order valence-electron chi connectivity index (χ0n) is 8.81. The van der Waals surface area contributed by atoms with Crippen LogP contribution in [0.5, 0.6) is 5.75 Å². The number of carbonyl (C=O) groups excluding carboxylic acids is 2. The summed E-state index contributed by atoms with van der Waals surface area (Å²) >= 11 is 0. The number of hydrogen-bond acceptors (Lipinski definition) is 3. The molecule has 0 aromatic heterocycles. The average molecular weight is 219 g/mol. The fourth-order valence-corrected chi connectivity index (χ4v) is 1.56. The summed E-state index contributed by atoms with van der Waals surface area (Å²) in [5, 5.41) is 0. The number of rotatable bonds is 3. The maximum Gasteiger partial charge on any atom is 0.314 e. The van der Waals surface area contributed by atoms with Crippen LogP contribution in [0.4, 0.5) is 0 Å². The largest absolute Gasteiger partial charge is 0.426 e. The highest BCUT2D eigenvalue weighted by Crippen LogP contribution is 2.28. The highest BCUT2D eigenvalue weighted by atomic mass is 16.5. The molecule has 1 aliphatic rings. The van der Waals surface area contributed by atoms with Crippen LogP contribution in [0.1, 0.15) is 29.6 Å². The molecule has 0 atom stereocenters. The summed E-state index contributed by atoms with van der Waals surface area (Å²) in [6.07, 6.45) is 2.88. The number of primary amides is 1.